The smallest absolute Gasteiger partial charge is 0.309 e. The number of piperidine rings is 1. The topological polar surface area (TPSA) is 98.8 Å². The van der Waals surface area contributed by atoms with Crippen LogP contribution in [0.4, 0.5) is 0 Å². The Morgan fingerprint density at radius 1 is 1.07 bits per heavy atom. The van der Waals surface area contributed by atoms with Crippen molar-refractivity contribution in [3.8, 4) is 0 Å². The quantitative estimate of drug-likeness (QED) is 0.445. The lowest BCUT2D eigenvalue weighted by molar-refractivity contribution is -0.139. The van der Waals surface area contributed by atoms with Crippen LogP contribution in [0.5, 0.6) is 0 Å². The third-order valence-electron chi connectivity index (χ3n) is 5.24. The van der Waals surface area contributed by atoms with Crippen LogP contribution in [0.2, 0.25) is 0 Å². The lowest BCUT2D eigenvalue weighted by atomic mass is 10.0. The minimum atomic E-state index is -3.58. The number of aryl methyl sites for hydroxylation is 1. The molecule has 0 saturated carbocycles. The van der Waals surface area contributed by atoms with E-state index in [1.807, 2.05) is 25.9 Å². The summed E-state index contributed by atoms with van der Waals surface area (Å²) in [6, 6.07) is 6.68. The van der Waals surface area contributed by atoms with Crippen LogP contribution in [0.3, 0.4) is 0 Å². The van der Waals surface area contributed by atoms with Gasteiger partial charge in [0.15, 0.2) is 0 Å². The molecule has 1 aliphatic rings. The minimum Gasteiger partial charge on any atom is -0.348 e. The van der Waals surface area contributed by atoms with E-state index in [2.05, 4.69) is 10.6 Å². The van der Waals surface area contributed by atoms with Gasteiger partial charge in [-0.2, -0.15) is 4.31 Å². The second-order valence-corrected chi connectivity index (χ2v) is 9.93. The number of hydrogen-bond acceptors (Lipinski definition) is 5. The highest BCUT2D eigenvalue weighted by atomic mass is 32.2. The first kappa shape index (κ1) is 24.3. The van der Waals surface area contributed by atoms with Gasteiger partial charge in [0.05, 0.1) is 4.90 Å². The Morgan fingerprint density at radius 2 is 1.70 bits per heavy atom. The zero-order valence-corrected chi connectivity index (χ0v) is 19.0. The van der Waals surface area contributed by atoms with Gasteiger partial charge >= 0.3 is 11.8 Å². The molecule has 1 aliphatic heterocycles. The Morgan fingerprint density at radius 3 is 2.33 bits per heavy atom. The second kappa shape index (κ2) is 11.4. The molecule has 0 aliphatic carbocycles. The third kappa shape index (κ3) is 7.07. The highest BCUT2D eigenvalue weighted by Crippen LogP contribution is 2.27. The molecule has 2 amide bonds. The van der Waals surface area contributed by atoms with Gasteiger partial charge in [-0.05, 0) is 65.4 Å². The van der Waals surface area contributed by atoms with Crippen molar-refractivity contribution in [2.24, 2.45) is 0 Å². The summed E-state index contributed by atoms with van der Waals surface area (Å²) in [5.74, 6) is -1.33. The maximum absolute atomic E-state index is 13.1. The van der Waals surface area contributed by atoms with E-state index in [1.54, 1.807) is 28.6 Å². The molecule has 0 unspecified atom stereocenters. The maximum Gasteiger partial charge on any atom is 0.309 e. The van der Waals surface area contributed by atoms with Gasteiger partial charge < -0.3 is 15.5 Å². The summed E-state index contributed by atoms with van der Waals surface area (Å²) in [6.07, 6.45) is 3.76. The average molecular weight is 439 g/mol. The van der Waals surface area contributed by atoms with Gasteiger partial charge in [-0.15, -0.1) is 0 Å². The number of nitrogens with zero attached hydrogens (tertiary/aromatic N) is 2. The molecule has 2 rings (SSSR count). The fraction of sp³-hybridized carbons (Fsp3) is 0.619. The predicted octanol–water partition coefficient (Wildman–Crippen LogP) is 1.11. The Balaban J connectivity index is 1.86. The second-order valence-electron chi connectivity index (χ2n) is 8.04. The van der Waals surface area contributed by atoms with Gasteiger partial charge in [0, 0.05) is 25.7 Å². The standard InChI is InChI=1S/C21H34N4O4S/c1-17-8-10-19(11-9-17)30(28,29)25-16-5-4-7-18(25)12-14-23-21(27)20(26)22-13-6-15-24(2)3/h8-11,18H,4-7,12-16H2,1-3H3,(H,22,26)(H,23,27)/t18-/m0/s1. The number of carbonyl (C=O) groups is 2. The molecular weight excluding hydrogens is 404 g/mol. The summed E-state index contributed by atoms with van der Waals surface area (Å²) in [6.45, 7) is 3.92. The van der Waals surface area contributed by atoms with E-state index < -0.39 is 21.8 Å². The van der Waals surface area contributed by atoms with Crippen LogP contribution in [-0.4, -0.2) is 75.8 Å². The minimum absolute atomic E-state index is 0.187. The Kier molecular flexibility index (Phi) is 9.26. The zero-order chi connectivity index (χ0) is 22.1. The highest BCUT2D eigenvalue weighted by Gasteiger charge is 2.33. The van der Waals surface area contributed by atoms with E-state index in [0.717, 1.165) is 37.8 Å². The molecule has 1 aromatic rings. The van der Waals surface area contributed by atoms with Gasteiger partial charge in [0.25, 0.3) is 0 Å². The van der Waals surface area contributed by atoms with Crippen molar-refractivity contribution in [1.82, 2.24) is 19.8 Å². The number of carbonyl (C=O) groups excluding carboxylic acids is 2. The van der Waals surface area contributed by atoms with E-state index in [1.165, 1.54) is 0 Å². The average Bonchev–Trinajstić information content (AvgIpc) is 2.71. The van der Waals surface area contributed by atoms with E-state index in [4.69, 9.17) is 0 Å². The van der Waals surface area contributed by atoms with Crippen molar-refractivity contribution in [2.45, 2.75) is 50.0 Å². The molecule has 1 atom stereocenters. The third-order valence-corrected chi connectivity index (χ3v) is 7.20. The van der Waals surface area contributed by atoms with E-state index in [-0.39, 0.29) is 12.6 Å². The summed E-state index contributed by atoms with van der Waals surface area (Å²) in [5.41, 5.74) is 1.01. The number of hydrogen-bond donors (Lipinski definition) is 2. The van der Waals surface area contributed by atoms with Crippen molar-refractivity contribution < 1.29 is 18.0 Å². The van der Waals surface area contributed by atoms with Gasteiger partial charge in [-0.3, -0.25) is 9.59 Å². The van der Waals surface area contributed by atoms with E-state index >= 15 is 0 Å². The van der Waals surface area contributed by atoms with Gasteiger partial charge in [0.2, 0.25) is 10.0 Å². The van der Waals surface area contributed by atoms with Crippen molar-refractivity contribution in [3.63, 3.8) is 0 Å². The lowest BCUT2D eigenvalue weighted by Crippen LogP contribution is -2.46. The first-order chi connectivity index (χ1) is 14.2. The monoisotopic (exact) mass is 438 g/mol. The molecule has 2 N–H and O–H groups in total. The van der Waals surface area contributed by atoms with Crippen molar-refractivity contribution in [3.05, 3.63) is 29.8 Å². The van der Waals surface area contributed by atoms with Crippen molar-refractivity contribution >= 4 is 21.8 Å². The Bertz CT molecular complexity index is 809. The number of amides is 2. The molecule has 0 spiro atoms. The van der Waals surface area contributed by atoms with Crippen LogP contribution < -0.4 is 10.6 Å². The first-order valence-corrected chi connectivity index (χ1v) is 11.9. The van der Waals surface area contributed by atoms with Gasteiger partial charge in [-0.25, -0.2) is 8.42 Å². The van der Waals surface area contributed by atoms with Crippen LogP contribution in [-0.2, 0) is 19.6 Å². The normalized spacial score (nSPS) is 17.7. The largest absolute Gasteiger partial charge is 0.348 e. The summed E-state index contributed by atoms with van der Waals surface area (Å²) in [4.78, 5) is 26.1. The van der Waals surface area contributed by atoms with Crippen LogP contribution in [0.15, 0.2) is 29.2 Å². The van der Waals surface area contributed by atoms with E-state index in [9.17, 15) is 18.0 Å². The number of nitrogens with one attached hydrogen (secondary N) is 2. The highest BCUT2D eigenvalue weighted by molar-refractivity contribution is 7.89. The van der Waals surface area contributed by atoms with Crippen LogP contribution in [0.25, 0.3) is 0 Å². The van der Waals surface area contributed by atoms with Gasteiger partial charge in [0.1, 0.15) is 0 Å². The molecule has 1 aromatic carbocycles. The summed E-state index contributed by atoms with van der Waals surface area (Å²) in [7, 11) is 0.313. The number of rotatable bonds is 9. The summed E-state index contributed by atoms with van der Waals surface area (Å²) in [5, 5.41) is 5.22. The fourth-order valence-electron chi connectivity index (χ4n) is 3.53. The maximum atomic E-state index is 13.1. The molecule has 8 nitrogen and oxygen atoms in total. The molecule has 0 bridgehead atoms. The predicted molar refractivity (Wildman–Crippen MR) is 117 cm³/mol. The zero-order valence-electron chi connectivity index (χ0n) is 18.2. The molecule has 1 fully saturated rings. The Hall–Kier alpha value is -1.97. The molecule has 0 radical (unpaired) electrons. The molecule has 30 heavy (non-hydrogen) atoms. The lowest BCUT2D eigenvalue weighted by Gasteiger charge is -2.34. The molecule has 1 saturated heterocycles. The fourth-order valence-corrected chi connectivity index (χ4v) is 5.26. The molecule has 0 aromatic heterocycles. The van der Waals surface area contributed by atoms with Crippen LogP contribution in [0, 0.1) is 6.92 Å². The summed E-state index contributed by atoms with van der Waals surface area (Å²) >= 11 is 0. The summed E-state index contributed by atoms with van der Waals surface area (Å²) < 4.78 is 27.7. The molecule has 9 heteroatoms. The van der Waals surface area contributed by atoms with E-state index in [0.29, 0.717) is 24.4 Å². The van der Waals surface area contributed by atoms with Crippen molar-refractivity contribution in [2.75, 3.05) is 40.3 Å². The Labute approximate surface area is 180 Å². The molecule has 168 valence electrons. The SMILES string of the molecule is Cc1ccc(S(=O)(=O)N2CCCC[C@H]2CCNC(=O)C(=O)NCCCN(C)C)cc1. The molecular formula is C21H34N4O4S. The van der Waals surface area contributed by atoms with Crippen LogP contribution >= 0.6 is 0 Å². The van der Waals surface area contributed by atoms with Gasteiger partial charge in [-0.1, -0.05) is 24.1 Å². The first-order valence-electron chi connectivity index (χ1n) is 10.5. The number of sulfonamides is 1. The van der Waals surface area contributed by atoms with Crippen LogP contribution in [0.1, 0.15) is 37.7 Å². The number of benzene rings is 1. The van der Waals surface area contributed by atoms with Crippen molar-refractivity contribution in [1.29, 1.82) is 0 Å². The molecule has 1 heterocycles.